The van der Waals surface area contributed by atoms with Crippen molar-refractivity contribution < 1.29 is 34.2 Å². The second-order valence-electron chi connectivity index (χ2n) is 8.84. The topological polar surface area (TPSA) is 154 Å². The van der Waals surface area contributed by atoms with Crippen molar-refractivity contribution >= 4 is 23.7 Å². The van der Waals surface area contributed by atoms with E-state index >= 15 is 0 Å². The van der Waals surface area contributed by atoms with Crippen LogP contribution in [0.25, 0.3) is 0 Å². The second-order valence-corrected chi connectivity index (χ2v) is 8.84. The highest BCUT2D eigenvalue weighted by Crippen LogP contribution is 2.22. The lowest BCUT2D eigenvalue weighted by molar-refractivity contribution is -0.138. The number of hydrogen-bond donors (Lipinski definition) is 5. The smallest absolute Gasteiger partial charge is 0.305 e. The minimum absolute atomic E-state index is 0.0611. The van der Waals surface area contributed by atoms with Crippen LogP contribution in [0.5, 0.6) is 5.75 Å². The van der Waals surface area contributed by atoms with Gasteiger partial charge in [0.15, 0.2) is 0 Å². The number of carbonyl (C=O) groups is 4. The molecular weight excluding hydrogens is 430 g/mol. The van der Waals surface area contributed by atoms with Crippen LogP contribution in [0.2, 0.25) is 0 Å². The number of amides is 3. The number of aliphatic carboxylic acids is 1. The number of hydrogen-bond acceptors (Lipinski definition) is 6. The molecule has 0 bridgehead atoms. The van der Waals surface area contributed by atoms with Crippen LogP contribution in [-0.2, 0) is 19.2 Å². The summed E-state index contributed by atoms with van der Waals surface area (Å²) in [6.07, 6.45) is 1.13. The molecule has 0 fully saturated rings. The lowest BCUT2D eigenvalue weighted by atomic mass is 9.85. The molecule has 10 heteroatoms. The van der Waals surface area contributed by atoms with Gasteiger partial charge in [0.05, 0.1) is 13.0 Å². The van der Waals surface area contributed by atoms with Crippen molar-refractivity contribution in [2.24, 2.45) is 11.3 Å². The fourth-order valence-corrected chi connectivity index (χ4v) is 3.12. The Balaban J connectivity index is 2.69. The van der Waals surface area contributed by atoms with E-state index in [-0.39, 0.29) is 19.4 Å². The van der Waals surface area contributed by atoms with Crippen LogP contribution in [0, 0.1) is 11.3 Å². The lowest BCUT2D eigenvalue weighted by Gasteiger charge is -2.31. The van der Waals surface area contributed by atoms with Gasteiger partial charge in [0.1, 0.15) is 11.8 Å². The summed E-state index contributed by atoms with van der Waals surface area (Å²) in [6, 6.07) is 8.38. The predicted octanol–water partition coefficient (Wildman–Crippen LogP) is 1.87. The standard InChI is InChI=1S/C23H35N3O7/c1-23(2,3)20(22(31)24-13-12-19(28)29)25-21(30)16(15-18(27)26-32)9-7-8-14-33-17-10-5-4-6-11-17/h4-6,10-11,16,20,32H,7-9,12-15H2,1-3H3,(H,24,31)(H,25,30)(H,26,27)(H,28,29)/t16-,20-/m1/s1. The third kappa shape index (κ3) is 11.3. The van der Waals surface area contributed by atoms with E-state index in [9.17, 15) is 19.2 Å². The van der Waals surface area contributed by atoms with Crippen LogP contribution < -0.4 is 20.9 Å². The van der Waals surface area contributed by atoms with Crippen molar-refractivity contribution in [2.45, 2.75) is 58.9 Å². The summed E-state index contributed by atoms with van der Waals surface area (Å²) in [5.41, 5.74) is 0.883. The number of unbranched alkanes of at least 4 members (excludes halogenated alkanes) is 1. The van der Waals surface area contributed by atoms with Crippen molar-refractivity contribution in [1.82, 2.24) is 16.1 Å². The summed E-state index contributed by atoms with van der Waals surface area (Å²) in [5, 5.41) is 22.8. The second kappa shape index (κ2) is 14.1. The zero-order chi connectivity index (χ0) is 24.9. The van der Waals surface area contributed by atoms with Gasteiger partial charge in [-0.1, -0.05) is 39.0 Å². The Labute approximate surface area is 194 Å². The number of benzene rings is 1. The highest BCUT2D eigenvalue weighted by atomic mass is 16.5. The third-order valence-electron chi connectivity index (χ3n) is 4.94. The van der Waals surface area contributed by atoms with Crippen LogP contribution in [0.1, 0.15) is 52.9 Å². The minimum atomic E-state index is -1.04. The zero-order valence-electron chi connectivity index (χ0n) is 19.4. The molecule has 0 radical (unpaired) electrons. The van der Waals surface area contributed by atoms with Gasteiger partial charge >= 0.3 is 5.97 Å². The van der Waals surface area contributed by atoms with Gasteiger partial charge in [-0.25, -0.2) is 5.48 Å². The minimum Gasteiger partial charge on any atom is -0.494 e. The van der Waals surface area contributed by atoms with E-state index in [1.807, 2.05) is 30.3 Å². The number of nitrogens with one attached hydrogen (secondary N) is 3. The maximum atomic E-state index is 12.9. The molecule has 0 heterocycles. The number of carboxylic acids is 1. The van der Waals surface area contributed by atoms with E-state index in [1.165, 1.54) is 5.48 Å². The van der Waals surface area contributed by atoms with Crippen molar-refractivity contribution in [2.75, 3.05) is 13.2 Å². The average molecular weight is 466 g/mol. The van der Waals surface area contributed by atoms with Gasteiger partial charge in [-0.3, -0.25) is 24.4 Å². The van der Waals surface area contributed by atoms with Crippen LogP contribution >= 0.6 is 0 Å². The quantitative estimate of drug-likeness (QED) is 0.160. The lowest BCUT2D eigenvalue weighted by Crippen LogP contribution is -2.55. The number of para-hydroxylation sites is 1. The van der Waals surface area contributed by atoms with Crippen LogP contribution in [-0.4, -0.2) is 53.2 Å². The Morgan fingerprint density at radius 1 is 1.03 bits per heavy atom. The zero-order valence-corrected chi connectivity index (χ0v) is 19.4. The number of ether oxygens (including phenoxy) is 1. The molecule has 2 atom stereocenters. The maximum absolute atomic E-state index is 12.9. The molecule has 1 aromatic carbocycles. The van der Waals surface area contributed by atoms with Crippen LogP contribution in [0.4, 0.5) is 0 Å². The van der Waals surface area contributed by atoms with Crippen LogP contribution in [0.15, 0.2) is 30.3 Å². The predicted molar refractivity (Wildman–Crippen MR) is 120 cm³/mol. The van der Waals surface area contributed by atoms with Crippen molar-refractivity contribution in [3.63, 3.8) is 0 Å². The summed E-state index contributed by atoms with van der Waals surface area (Å²) in [4.78, 5) is 47.9. The largest absolute Gasteiger partial charge is 0.494 e. The molecule has 0 unspecified atom stereocenters. The number of rotatable bonds is 14. The Morgan fingerprint density at radius 3 is 2.27 bits per heavy atom. The number of carboxylic acid groups (broad SMARTS) is 1. The van der Waals surface area contributed by atoms with E-state index in [4.69, 9.17) is 15.1 Å². The first-order valence-electron chi connectivity index (χ1n) is 10.9. The average Bonchev–Trinajstić information content (AvgIpc) is 2.75. The molecule has 0 saturated carbocycles. The highest BCUT2D eigenvalue weighted by Gasteiger charge is 2.34. The first-order valence-corrected chi connectivity index (χ1v) is 10.9. The fourth-order valence-electron chi connectivity index (χ4n) is 3.12. The first kappa shape index (κ1) is 27.9. The molecule has 0 aromatic heterocycles. The number of carbonyl (C=O) groups excluding carboxylic acids is 3. The monoisotopic (exact) mass is 465 g/mol. The molecule has 5 N–H and O–H groups in total. The number of hydroxylamine groups is 1. The van der Waals surface area contributed by atoms with Crippen molar-refractivity contribution in [3.8, 4) is 5.75 Å². The van der Waals surface area contributed by atoms with Gasteiger partial charge in [-0.2, -0.15) is 0 Å². The maximum Gasteiger partial charge on any atom is 0.305 e. The summed E-state index contributed by atoms with van der Waals surface area (Å²) in [5.74, 6) is -2.75. The normalized spacial score (nSPS) is 12.8. The molecule has 10 nitrogen and oxygen atoms in total. The molecule has 1 rings (SSSR count). The Hall–Kier alpha value is -3.14. The van der Waals surface area contributed by atoms with Gasteiger partial charge in [0.25, 0.3) is 0 Å². The van der Waals surface area contributed by atoms with Gasteiger partial charge in [0, 0.05) is 18.9 Å². The van der Waals surface area contributed by atoms with E-state index < -0.39 is 41.1 Å². The Bertz CT molecular complexity index is 778. The molecule has 0 aliphatic rings. The highest BCUT2D eigenvalue weighted by molar-refractivity contribution is 5.91. The molecule has 184 valence electrons. The van der Waals surface area contributed by atoms with Gasteiger partial charge in [-0.05, 0) is 36.8 Å². The molecule has 0 aliphatic carbocycles. The summed E-state index contributed by atoms with van der Waals surface area (Å²) in [6.45, 7) is 5.69. The van der Waals surface area contributed by atoms with Gasteiger partial charge in [-0.15, -0.1) is 0 Å². The molecule has 0 spiro atoms. The van der Waals surface area contributed by atoms with Crippen molar-refractivity contribution in [1.29, 1.82) is 0 Å². The molecule has 3 amide bonds. The summed E-state index contributed by atoms with van der Waals surface area (Å²) >= 11 is 0. The van der Waals surface area contributed by atoms with Crippen LogP contribution in [0.3, 0.4) is 0 Å². The van der Waals surface area contributed by atoms with E-state index in [2.05, 4.69) is 10.6 Å². The molecular formula is C23H35N3O7. The van der Waals surface area contributed by atoms with Gasteiger partial charge in [0.2, 0.25) is 17.7 Å². The Kier molecular flexibility index (Phi) is 11.9. The summed E-state index contributed by atoms with van der Waals surface area (Å²) in [7, 11) is 0. The third-order valence-corrected chi connectivity index (χ3v) is 4.94. The Morgan fingerprint density at radius 2 is 1.70 bits per heavy atom. The van der Waals surface area contributed by atoms with E-state index in [1.54, 1.807) is 20.8 Å². The van der Waals surface area contributed by atoms with E-state index in [0.29, 0.717) is 25.9 Å². The van der Waals surface area contributed by atoms with Crippen molar-refractivity contribution in [3.05, 3.63) is 30.3 Å². The van der Waals surface area contributed by atoms with E-state index in [0.717, 1.165) is 5.75 Å². The van der Waals surface area contributed by atoms with Gasteiger partial charge < -0.3 is 20.5 Å². The molecule has 0 aliphatic heterocycles. The summed E-state index contributed by atoms with van der Waals surface area (Å²) < 4.78 is 5.63. The molecule has 1 aromatic rings. The first-order chi connectivity index (χ1) is 15.5. The fraction of sp³-hybridized carbons (Fsp3) is 0.565. The molecule has 0 saturated heterocycles. The molecule has 33 heavy (non-hydrogen) atoms. The SMILES string of the molecule is CC(C)(C)[C@H](NC(=O)[C@H](CCCCOc1ccccc1)CC(=O)NO)C(=O)NCCC(=O)O.